The fraction of sp³-hybridized carbons (Fsp3) is 0.0690. The van der Waals surface area contributed by atoms with E-state index in [1.165, 1.54) is 42.6 Å². The van der Waals surface area contributed by atoms with E-state index in [4.69, 9.17) is 9.47 Å². The number of hydrazone groups is 1. The van der Waals surface area contributed by atoms with Gasteiger partial charge in [0.25, 0.3) is 15.9 Å². The molecular weight excluding hydrogens is 518 g/mol. The topological polar surface area (TPSA) is 123 Å². The van der Waals surface area contributed by atoms with Crippen LogP contribution in [0.5, 0.6) is 11.5 Å². The minimum absolute atomic E-state index is 0.146. The zero-order chi connectivity index (χ0) is 27.8. The highest BCUT2D eigenvalue weighted by molar-refractivity contribution is 7.92. The van der Waals surface area contributed by atoms with Gasteiger partial charge >= 0.3 is 5.97 Å². The molecule has 198 valence electrons. The molecule has 0 saturated heterocycles. The van der Waals surface area contributed by atoms with Gasteiger partial charge in [0, 0.05) is 11.3 Å². The van der Waals surface area contributed by atoms with E-state index in [1.54, 1.807) is 67.8 Å². The zero-order valence-corrected chi connectivity index (χ0v) is 21.9. The van der Waals surface area contributed by atoms with Gasteiger partial charge in [0.15, 0.2) is 0 Å². The summed E-state index contributed by atoms with van der Waals surface area (Å²) in [5, 5.41) is 3.95. The predicted molar refractivity (Wildman–Crippen MR) is 148 cm³/mol. The second kappa shape index (κ2) is 12.1. The normalized spacial score (nSPS) is 11.1. The molecule has 9 nitrogen and oxygen atoms in total. The van der Waals surface area contributed by atoms with Crippen LogP contribution in [-0.4, -0.2) is 33.6 Å². The molecule has 0 heterocycles. The largest absolute Gasteiger partial charge is 0.497 e. The molecule has 0 aromatic heterocycles. The first-order chi connectivity index (χ1) is 18.7. The van der Waals surface area contributed by atoms with Gasteiger partial charge in [-0.2, -0.15) is 5.10 Å². The van der Waals surface area contributed by atoms with Crippen LogP contribution in [-0.2, 0) is 10.0 Å². The monoisotopic (exact) mass is 543 g/mol. The Morgan fingerprint density at radius 2 is 1.36 bits per heavy atom. The maximum atomic E-state index is 12.5. The number of nitrogens with zero attached hydrogens (tertiary/aromatic N) is 1. The Morgan fingerprint density at radius 1 is 0.769 bits per heavy atom. The van der Waals surface area contributed by atoms with E-state index in [0.29, 0.717) is 33.9 Å². The number of hydrogen-bond acceptors (Lipinski definition) is 7. The van der Waals surface area contributed by atoms with Crippen molar-refractivity contribution < 1.29 is 27.5 Å². The second-order valence-electron chi connectivity index (χ2n) is 8.38. The molecule has 0 unspecified atom stereocenters. The van der Waals surface area contributed by atoms with E-state index >= 15 is 0 Å². The number of carbonyl (C=O) groups excluding carboxylic acids is 2. The van der Waals surface area contributed by atoms with Gasteiger partial charge in [0.2, 0.25) is 0 Å². The van der Waals surface area contributed by atoms with Gasteiger partial charge in [0.05, 0.1) is 23.8 Å². The summed E-state index contributed by atoms with van der Waals surface area (Å²) in [7, 11) is -2.20. The van der Waals surface area contributed by atoms with E-state index in [2.05, 4.69) is 15.2 Å². The first-order valence-electron chi connectivity index (χ1n) is 11.7. The van der Waals surface area contributed by atoms with Crippen molar-refractivity contribution in [3.63, 3.8) is 0 Å². The summed E-state index contributed by atoms with van der Waals surface area (Å²) in [5.74, 6) is 0.0280. The van der Waals surface area contributed by atoms with Gasteiger partial charge < -0.3 is 9.47 Å². The number of nitrogens with one attached hydrogen (secondary N) is 2. The van der Waals surface area contributed by atoms with Gasteiger partial charge in [-0.1, -0.05) is 17.7 Å². The van der Waals surface area contributed by atoms with Crippen molar-refractivity contribution in [2.75, 3.05) is 11.8 Å². The first-order valence-corrected chi connectivity index (χ1v) is 13.2. The maximum Gasteiger partial charge on any atom is 0.343 e. The average molecular weight is 544 g/mol. The molecular formula is C29H25N3O6S. The van der Waals surface area contributed by atoms with E-state index in [-0.39, 0.29) is 4.90 Å². The van der Waals surface area contributed by atoms with Crippen LogP contribution in [0.2, 0.25) is 0 Å². The van der Waals surface area contributed by atoms with Gasteiger partial charge in [0.1, 0.15) is 11.5 Å². The first kappa shape index (κ1) is 27.1. The Labute approximate surface area is 226 Å². The third-order valence-electron chi connectivity index (χ3n) is 5.53. The summed E-state index contributed by atoms with van der Waals surface area (Å²) in [6.45, 7) is 1.87. The quantitative estimate of drug-likeness (QED) is 0.135. The molecule has 0 saturated carbocycles. The summed E-state index contributed by atoms with van der Waals surface area (Å²) in [6.07, 6.45) is 1.44. The molecule has 39 heavy (non-hydrogen) atoms. The lowest BCUT2D eigenvalue weighted by molar-refractivity contribution is 0.0734. The Balaban J connectivity index is 1.29. The van der Waals surface area contributed by atoms with Crippen LogP contribution in [0.3, 0.4) is 0 Å². The van der Waals surface area contributed by atoms with Gasteiger partial charge in [-0.05, 0) is 97.4 Å². The number of rotatable bonds is 9. The number of benzene rings is 4. The Bertz CT molecular complexity index is 1580. The van der Waals surface area contributed by atoms with Gasteiger partial charge in [-0.15, -0.1) is 0 Å². The molecule has 4 aromatic rings. The highest BCUT2D eigenvalue weighted by Crippen LogP contribution is 2.18. The third-order valence-corrected chi connectivity index (χ3v) is 6.92. The number of amides is 1. The predicted octanol–water partition coefficient (Wildman–Crippen LogP) is 4.79. The van der Waals surface area contributed by atoms with Crippen molar-refractivity contribution in [1.82, 2.24) is 5.43 Å². The molecule has 0 aliphatic rings. The highest BCUT2D eigenvalue weighted by Gasteiger charge is 2.14. The number of aryl methyl sites for hydroxylation is 1. The second-order valence-corrected chi connectivity index (χ2v) is 10.1. The van der Waals surface area contributed by atoms with Crippen LogP contribution in [0.15, 0.2) is 107 Å². The molecule has 0 atom stereocenters. The summed E-state index contributed by atoms with van der Waals surface area (Å²) in [6, 6.07) is 25.6. The number of sulfonamides is 1. The van der Waals surface area contributed by atoms with Crippen molar-refractivity contribution in [2.45, 2.75) is 11.8 Å². The van der Waals surface area contributed by atoms with Crippen molar-refractivity contribution in [1.29, 1.82) is 0 Å². The standard InChI is InChI=1S/C29H25N3O6S/c1-20-3-17-27(18-4-20)39(35,36)32-24-11-7-22(8-12-24)28(33)31-30-19-21-5-13-26(14-6-21)38-29(34)23-9-15-25(37-2)16-10-23/h3-19,32H,1-2H3,(H,31,33)/b30-19-. The number of methoxy groups -OCH3 is 1. The molecule has 0 radical (unpaired) electrons. The zero-order valence-electron chi connectivity index (χ0n) is 21.1. The SMILES string of the molecule is COc1ccc(C(=O)Oc2ccc(/C=N\NC(=O)c3ccc(NS(=O)(=O)c4ccc(C)cc4)cc3)cc2)cc1. The summed E-state index contributed by atoms with van der Waals surface area (Å²) < 4.78 is 38.0. The molecule has 10 heteroatoms. The fourth-order valence-corrected chi connectivity index (χ4v) is 4.42. The highest BCUT2D eigenvalue weighted by atomic mass is 32.2. The lowest BCUT2D eigenvalue weighted by atomic mass is 10.2. The van der Waals surface area contributed by atoms with Gasteiger partial charge in [-0.25, -0.2) is 18.6 Å². The van der Waals surface area contributed by atoms with E-state index in [9.17, 15) is 18.0 Å². The maximum absolute atomic E-state index is 12.5. The number of hydrogen-bond donors (Lipinski definition) is 2. The smallest absolute Gasteiger partial charge is 0.343 e. The van der Waals surface area contributed by atoms with E-state index < -0.39 is 21.9 Å². The van der Waals surface area contributed by atoms with Crippen molar-refractivity contribution in [2.24, 2.45) is 5.10 Å². The number of esters is 1. The summed E-state index contributed by atoms with van der Waals surface area (Å²) in [5.41, 5.74) is 5.05. The van der Waals surface area contributed by atoms with E-state index in [1.807, 2.05) is 6.92 Å². The Hall–Kier alpha value is -4.96. The lowest BCUT2D eigenvalue weighted by Gasteiger charge is -2.09. The molecule has 4 aromatic carbocycles. The van der Waals surface area contributed by atoms with Crippen molar-refractivity contribution >= 4 is 33.8 Å². The molecule has 0 fully saturated rings. The van der Waals surface area contributed by atoms with Crippen LogP contribution in [0, 0.1) is 6.92 Å². The lowest BCUT2D eigenvalue weighted by Crippen LogP contribution is -2.18. The average Bonchev–Trinajstić information content (AvgIpc) is 2.94. The number of anilines is 1. The molecule has 0 aliphatic heterocycles. The van der Waals surface area contributed by atoms with Crippen LogP contribution < -0.4 is 19.6 Å². The molecule has 1 amide bonds. The fourth-order valence-electron chi connectivity index (χ4n) is 3.37. The van der Waals surface area contributed by atoms with Crippen LogP contribution in [0.4, 0.5) is 5.69 Å². The molecule has 0 aliphatic carbocycles. The van der Waals surface area contributed by atoms with E-state index in [0.717, 1.165) is 5.56 Å². The molecule has 4 rings (SSSR count). The third kappa shape index (κ3) is 7.30. The number of carbonyl (C=O) groups is 2. The van der Waals surface area contributed by atoms with Crippen LogP contribution in [0.25, 0.3) is 0 Å². The minimum atomic E-state index is -3.74. The molecule has 0 spiro atoms. The van der Waals surface area contributed by atoms with Crippen molar-refractivity contribution in [3.8, 4) is 11.5 Å². The van der Waals surface area contributed by atoms with Crippen LogP contribution in [0.1, 0.15) is 31.8 Å². The van der Waals surface area contributed by atoms with Crippen molar-refractivity contribution in [3.05, 3.63) is 119 Å². The minimum Gasteiger partial charge on any atom is -0.497 e. The molecule has 0 bridgehead atoms. The summed E-state index contributed by atoms with van der Waals surface area (Å²) in [4.78, 5) is 24.8. The Morgan fingerprint density at radius 3 is 1.97 bits per heavy atom. The van der Waals surface area contributed by atoms with Gasteiger partial charge in [-0.3, -0.25) is 9.52 Å². The van der Waals surface area contributed by atoms with Crippen LogP contribution >= 0.6 is 0 Å². The summed E-state index contributed by atoms with van der Waals surface area (Å²) >= 11 is 0. The molecule has 2 N–H and O–H groups in total. The Kier molecular flexibility index (Phi) is 8.37. The number of ether oxygens (including phenoxy) is 2.